The molecule has 0 aromatic heterocycles. The molecule has 1 aliphatic carbocycles. The fraction of sp³-hybridized carbons (Fsp3) is 0.375. The zero-order chi connectivity index (χ0) is 19.1. The molecule has 2 aromatic rings. The number of carboxylic acid groups (broad SMARTS) is 1. The Bertz CT molecular complexity index is 803. The van der Waals surface area contributed by atoms with Gasteiger partial charge in [0.1, 0.15) is 12.4 Å². The highest BCUT2D eigenvalue weighted by atomic mass is 16.5. The van der Waals surface area contributed by atoms with Crippen molar-refractivity contribution in [2.24, 2.45) is 0 Å². The van der Waals surface area contributed by atoms with Crippen LogP contribution in [0, 0.1) is 6.92 Å². The van der Waals surface area contributed by atoms with E-state index in [1.165, 1.54) is 35.1 Å². The van der Waals surface area contributed by atoms with E-state index >= 15 is 0 Å². The molecule has 27 heavy (non-hydrogen) atoms. The van der Waals surface area contributed by atoms with Crippen molar-refractivity contribution in [3.63, 3.8) is 0 Å². The third-order valence-corrected chi connectivity index (χ3v) is 5.24. The lowest BCUT2D eigenvalue weighted by Crippen LogP contribution is -2.09. The van der Waals surface area contributed by atoms with Gasteiger partial charge in [0.05, 0.1) is 0 Å². The fourth-order valence-corrected chi connectivity index (χ4v) is 3.73. The number of allylic oxidation sites excluding steroid dienone is 1. The monoisotopic (exact) mass is 364 g/mol. The van der Waals surface area contributed by atoms with Crippen LogP contribution in [-0.2, 0) is 11.2 Å². The van der Waals surface area contributed by atoms with Crippen LogP contribution < -0.4 is 4.74 Å². The number of benzene rings is 2. The molecular weight excluding hydrogens is 336 g/mol. The number of ether oxygens (including phenoxy) is 1. The first-order valence-corrected chi connectivity index (χ1v) is 9.84. The average molecular weight is 364 g/mol. The van der Waals surface area contributed by atoms with Crippen molar-refractivity contribution in [2.75, 3.05) is 6.61 Å². The topological polar surface area (TPSA) is 46.5 Å². The van der Waals surface area contributed by atoms with Crippen molar-refractivity contribution in [1.82, 2.24) is 0 Å². The van der Waals surface area contributed by atoms with Gasteiger partial charge in [-0.25, -0.2) is 0 Å². The van der Waals surface area contributed by atoms with E-state index in [4.69, 9.17) is 9.84 Å². The van der Waals surface area contributed by atoms with Gasteiger partial charge < -0.3 is 9.84 Å². The molecule has 1 N–H and O–H groups in total. The predicted octanol–water partition coefficient (Wildman–Crippen LogP) is 5.81. The standard InChI is InChI=1S/C24H28O3/c1-18-7-2-4-10-22(18)23-11-5-3-9-20(23)17-27-21-15-13-19(14-16-21)8-6-12-24(25)26/h2,4,7,10,13-16H,3,5-6,8-9,11-12,17H2,1H3,(H,25,26). The van der Waals surface area contributed by atoms with Crippen LogP contribution in [-0.4, -0.2) is 17.7 Å². The Morgan fingerprint density at radius 1 is 1.04 bits per heavy atom. The molecule has 0 spiro atoms. The lowest BCUT2D eigenvalue weighted by Gasteiger charge is -2.22. The maximum Gasteiger partial charge on any atom is 0.303 e. The molecule has 0 amide bonds. The molecule has 3 nitrogen and oxygen atoms in total. The zero-order valence-corrected chi connectivity index (χ0v) is 16.0. The van der Waals surface area contributed by atoms with Gasteiger partial charge >= 0.3 is 5.97 Å². The Labute approximate surface area is 161 Å². The fourth-order valence-electron chi connectivity index (χ4n) is 3.73. The Kier molecular flexibility index (Phi) is 6.69. The number of aryl methyl sites for hydroxylation is 2. The van der Waals surface area contributed by atoms with Crippen molar-refractivity contribution in [2.45, 2.75) is 51.9 Å². The average Bonchev–Trinajstić information content (AvgIpc) is 2.68. The first-order valence-electron chi connectivity index (χ1n) is 9.84. The number of hydrogen-bond donors (Lipinski definition) is 1. The maximum atomic E-state index is 10.6. The summed E-state index contributed by atoms with van der Waals surface area (Å²) in [5.74, 6) is 0.138. The smallest absolute Gasteiger partial charge is 0.303 e. The molecule has 0 saturated carbocycles. The van der Waals surface area contributed by atoms with Crippen molar-refractivity contribution >= 4 is 11.5 Å². The minimum absolute atomic E-state index is 0.216. The maximum absolute atomic E-state index is 10.6. The number of rotatable bonds is 8. The summed E-state index contributed by atoms with van der Waals surface area (Å²) in [6.45, 7) is 2.82. The second kappa shape index (κ2) is 9.40. The van der Waals surface area contributed by atoms with E-state index in [0.29, 0.717) is 13.0 Å². The first kappa shape index (κ1) is 19.2. The van der Waals surface area contributed by atoms with E-state index in [1.807, 2.05) is 24.3 Å². The van der Waals surface area contributed by atoms with Gasteiger partial charge in [-0.2, -0.15) is 0 Å². The van der Waals surface area contributed by atoms with Crippen LogP contribution in [0.4, 0.5) is 0 Å². The highest BCUT2D eigenvalue weighted by Gasteiger charge is 2.16. The molecule has 3 rings (SSSR count). The minimum Gasteiger partial charge on any atom is -0.489 e. The third kappa shape index (κ3) is 5.46. The normalized spacial score (nSPS) is 14.3. The van der Waals surface area contributed by atoms with Crippen LogP contribution in [0.1, 0.15) is 55.2 Å². The molecule has 0 radical (unpaired) electrons. The predicted molar refractivity (Wildman–Crippen MR) is 109 cm³/mol. The quantitative estimate of drug-likeness (QED) is 0.643. The minimum atomic E-state index is -0.736. The summed E-state index contributed by atoms with van der Waals surface area (Å²) in [6, 6.07) is 16.7. The molecule has 0 heterocycles. The Morgan fingerprint density at radius 2 is 1.78 bits per heavy atom. The van der Waals surface area contributed by atoms with Crippen LogP contribution >= 0.6 is 0 Å². The molecule has 3 heteroatoms. The summed E-state index contributed by atoms with van der Waals surface area (Å²) in [6.07, 6.45) is 6.39. The summed E-state index contributed by atoms with van der Waals surface area (Å²) in [5.41, 5.74) is 6.73. The van der Waals surface area contributed by atoms with Crippen LogP contribution in [0.15, 0.2) is 54.1 Å². The molecule has 0 unspecified atom stereocenters. The van der Waals surface area contributed by atoms with Gasteiger partial charge in [0, 0.05) is 6.42 Å². The third-order valence-electron chi connectivity index (χ3n) is 5.24. The van der Waals surface area contributed by atoms with Crippen LogP contribution in [0.3, 0.4) is 0 Å². The van der Waals surface area contributed by atoms with E-state index in [-0.39, 0.29) is 6.42 Å². The van der Waals surface area contributed by atoms with Gasteiger partial charge in [-0.15, -0.1) is 0 Å². The van der Waals surface area contributed by atoms with Crippen molar-refractivity contribution in [3.05, 3.63) is 70.8 Å². The zero-order valence-electron chi connectivity index (χ0n) is 16.0. The van der Waals surface area contributed by atoms with E-state index < -0.39 is 5.97 Å². The molecule has 0 bridgehead atoms. The molecule has 0 aliphatic heterocycles. The lowest BCUT2D eigenvalue weighted by molar-refractivity contribution is -0.137. The largest absolute Gasteiger partial charge is 0.489 e. The number of carboxylic acids is 1. The Hall–Kier alpha value is -2.55. The summed E-state index contributed by atoms with van der Waals surface area (Å²) in [5, 5.41) is 8.73. The second-order valence-corrected chi connectivity index (χ2v) is 7.28. The lowest BCUT2D eigenvalue weighted by atomic mass is 9.86. The van der Waals surface area contributed by atoms with Crippen LogP contribution in [0.25, 0.3) is 5.57 Å². The molecule has 1 aliphatic rings. The number of aliphatic carboxylic acids is 1. The molecule has 2 aromatic carbocycles. The van der Waals surface area contributed by atoms with Crippen molar-refractivity contribution < 1.29 is 14.6 Å². The SMILES string of the molecule is Cc1ccccc1C1=C(COc2ccc(CCCC(=O)O)cc2)CCCC1. The molecule has 142 valence electrons. The van der Waals surface area contributed by atoms with Gasteiger partial charge in [-0.3, -0.25) is 4.79 Å². The highest BCUT2D eigenvalue weighted by Crippen LogP contribution is 2.34. The van der Waals surface area contributed by atoms with Gasteiger partial charge in [0.25, 0.3) is 0 Å². The van der Waals surface area contributed by atoms with Gasteiger partial charge in [-0.1, -0.05) is 36.4 Å². The first-order chi connectivity index (χ1) is 13.1. The molecule has 0 fully saturated rings. The van der Waals surface area contributed by atoms with Crippen molar-refractivity contribution in [1.29, 1.82) is 0 Å². The van der Waals surface area contributed by atoms with E-state index in [0.717, 1.165) is 30.6 Å². The van der Waals surface area contributed by atoms with E-state index in [2.05, 4.69) is 31.2 Å². The van der Waals surface area contributed by atoms with E-state index in [1.54, 1.807) is 0 Å². The number of carbonyl (C=O) groups is 1. The number of hydrogen-bond acceptors (Lipinski definition) is 2. The molecular formula is C24H28O3. The molecule has 0 saturated heterocycles. The van der Waals surface area contributed by atoms with Gasteiger partial charge in [0.15, 0.2) is 0 Å². The van der Waals surface area contributed by atoms with Gasteiger partial charge in [-0.05, 0) is 85.4 Å². The summed E-state index contributed by atoms with van der Waals surface area (Å²) >= 11 is 0. The van der Waals surface area contributed by atoms with Gasteiger partial charge in [0.2, 0.25) is 0 Å². The Morgan fingerprint density at radius 3 is 2.52 bits per heavy atom. The summed E-state index contributed by atoms with van der Waals surface area (Å²) in [7, 11) is 0. The highest BCUT2D eigenvalue weighted by molar-refractivity contribution is 5.72. The van der Waals surface area contributed by atoms with Crippen LogP contribution in [0.5, 0.6) is 5.75 Å². The second-order valence-electron chi connectivity index (χ2n) is 7.28. The van der Waals surface area contributed by atoms with Crippen LogP contribution in [0.2, 0.25) is 0 Å². The van der Waals surface area contributed by atoms with Crippen molar-refractivity contribution in [3.8, 4) is 5.75 Å². The summed E-state index contributed by atoms with van der Waals surface area (Å²) in [4.78, 5) is 10.6. The summed E-state index contributed by atoms with van der Waals surface area (Å²) < 4.78 is 6.08. The Balaban J connectivity index is 1.64. The van der Waals surface area contributed by atoms with E-state index in [9.17, 15) is 4.79 Å². The molecule has 0 atom stereocenters.